The number of halogens is 1. The van der Waals surface area contributed by atoms with E-state index in [0.717, 1.165) is 10.2 Å². The summed E-state index contributed by atoms with van der Waals surface area (Å²) in [5, 5.41) is 0. The summed E-state index contributed by atoms with van der Waals surface area (Å²) in [5.74, 6) is 1.13. The van der Waals surface area contributed by atoms with Crippen molar-refractivity contribution in [3.05, 3.63) is 52.5 Å². The predicted molar refractivity (Wildman–Crippen MR) is 86.4 cm³/mol. The highest BCUT2D eigenvalue weighted by Crippen LogP contribution is 2.31. The molecule has 4 nitrogen and oxygen atoms in total. The molecule has 0 unspecified atom stereocenters. The molecule has 2 aromatic rings. The number of carbonyl (C=O) groups is 1. The van der Waals surface area contributed by atoms with E-state index in [1.165, 1.54) is 0 Å². The molecule has 0 aliphatic heterocycles. The van der Waals surface area contributed by atoms with E-state index >= 15 is 0 Å². The van der Waals surface area contributed by atoms with Crippen LogP contribution < -0.4 is 14.4 Å². The van der Waals surface area contributed by atoms with Gasteiger partial charge >= 0.3 is 0 Å². The summed E-state index contributed by atoms with van der Waals surface area (Å²) < 4.78 is 11.4. The highest BCUT2D eigenvalue weighted by atomic mass is 79.9. The van der Waals surface area contributed by atoms with Crippen molar-refractivity contribution in [2.24, 2.45) is 0 Å². The van der Waals surface area contributed by atoms with Gasteiger partial charge in [-0.1, -0.05) is 15.9 Å². The number of hydrogen-bond acceptors (Lipinski definition) is 3. The van der Waals surface area contributed by atoms with Gasteiger partial charge in [-0.05, 0) is 36.4 Å². The average molecular weight is 350 g/mol. The molecular weight excluding hydrogens is 334 g/mol. The Labute approximate surface area is 132 Å². The zero-order chi connectivity index (χ0) is 15.4. The van der Waals surface area contributed by atoms with Gasteiger partial charge in [0.15, 0.2) is 11.5 Å². The Kier molecular flexibility index (Phi) is 4.85. The Morgan fingerprint density at radius 1 is 1.00 bits per heavy atom. The van der Waals surface area contributed by atoms with Gasteiger partial charge in [0, 0.05) is 28.8 Å². The number of carbonyl (C=O) groups excluding carboxylic acids is 1. The highest BCUT2D eigenvalue weighted by molar-refractivity contribution is 9.10. The van der Waals surface area contributed by atoms with Crippen LogP contribution in [0, 0.1) is 0 Å². The van der Waals surface area contributed by atoms with Crippen molar-refractivity contribution in [2.75, 3.05) is 26.2 Å². The van der Waals surface area contributed by atoms with Gasteiger partial charge in [0.1, 0.15) is 0 Å². The van der Waals surface area contributed by atoms with E-state index in [4.69, 9.17) is 9.47 Å². The number of hydrogen-bond donors (Lipinski definition) is 0. The molecule has 5 heteroatoms. The predicted octanol–water partition coefficient (Wildman–Crippen LogP) is 3.74. The van der Waals surface area contributed by atoms with E-state index in [9.17, 15) is 4.79 Å². The summed E-state index contributed by atoms with van der Waals surface area (Å²) in [6, 6.07) is 12.6. The Bertz CT molecular complexity index is 640. The minimum atomic E-state index is -0.0882. The first-order chi connectivity index (χ1) is 10.1. The molecule has 0 saturated heterocycles. The third-order valence-corrected chi connectivity index (χ3v) is 3.68. The van der Waals surface area contributed by atoms with Crippen LogP contribution in [0.25, 0.3) is 0 Å². The summed E-state index contributed by atoms with van der Waals surface area (Å²) in [5.41, 5.74) is 1.36. The number of rotatable bonds is 4. The fourth-order valence-corrected chi connectivity index (χ4v) is 2.20. The Hall–Kier alpha value is -2.01. The van der Waals surface area contributed by atoms with Crippen LogP contribution in [0.2, 0.25) is 0 Å². The molecule has 1 amide bonds. The lowest BCUT2D eigenvalue weighted by Gasteiger charge is -2.19. The summed E-state index contributed by atoms with van der Waals surface area (Å²) in [7, 11) is 4.87. The van der Waals surface area contributed by atoms with E-state index < -0.39 is 0 Å². The van der Waals surface area contributed by atoms with Crippen LogP contribution in [-0.4, -0.2) is 27.2 Å². The maximum atomic E-state index is 12.4. The Balaban J connectivity index is 2.28. The minimum Gasteiger partial charge on any atom is -0.493 e. The number of ether oxygens (including phenoxy) is 2. The zero-order valence-corrected chi connectivity index (χ0v) is 13.7. The first kappa shape index (κ1) is 15.4. The topological polar surface area (TPSA) is 38.8 Å². The second-order valence-corrected chi connectivity index (χ2v) is 5.33. The van der Waals surface area contributed by atoms with Crippen molar-refractivity contribution >= 4 is 27.5 Å². The molecule has 21 heavy (non-hydrogen) atoms. The van der Waals surface area contributed by atoms with Crippen LogP contribution in [-0.2, 0) is 0 Å². The first-order valence-corrected chi connectivity index (χ1v) is 7.11. The van der Waals surface area contributed by atoms with Gasteiger partial charge in [-0.2, -0.15) is 0 Å². The first-order valence-electron chi connectivity index (χ1n) is 6.32. The van der Waals surface area contributed by atoms with Crippen molar-refractivity contribution < 1.29 is 14.3 Å². The average Bonchev–Trinajstić information content (AvgIpc) is 2.53. The fourth-order valence-electron chi connectivity index (χ4n) is 1.94. The van der Waals surface area contributed by atoms with Crippen molar-refractivity contribution in [2.45, 2.75) is 0 Å². The van der Waals surface area contributed by atoms with Crippen LogP contribution in [0.4, 0.5) is 5.69 Å². The minimum absolute atomic E-state index is 0.0882. The summed E-state index contributed by atoms with van der Waals surface area (Å²) in [6.07, 6.45) is 0. The molecule has 0 atom stereocenters. The lowest BCUT2D eigenvalue weighted by atomic mass is 10.2. The monoisotopic (exact) mass is 349 g/mol. The van der Waals surface area contributed by atoms with E-state index in [-0.39, 0.29) is 5.91 Å². The lowest BCUT2D eigenvalue weighted by molar-refractivity contribution is 0.0993. The number of benzene rings is 2. The van der Waals surface area contributed by atoms with Crippen LogP contribution in [0.3, 0.4) is 0 Å². The molecule has 0 heterocycles. The highest BCUT2D eigenvalue weighted by Gasteiger charge is 2.15. The molecule has 0 radical (unpaired) electrons. The Morgan fingerprint density at radius 2 is 1.62 bits per heavy atom. The smallest absolute Gasteiger partial charge is 0.258 e. The zero-order valence-electron chi connectivity index (χ0n) is 12.1. The normalized spacial score (nSPS) is 10.1. The van der Waals surface area contributed by atoms with Gasteiger partial charge < -0.3 is 14.4 Å². The molecule has 0 aliphatic carbocycles. The molecule has 0 aliphatic rings. The van der Waals surface area contributed by atoms with Crippen LogP contribution in [0.15, 0.2) is 46.9 Å². The van der Waals surface area contributed by atoms with Crippen molar-refractivity contribution in [1.29, 1.82) is 0 Å². The molecule has 110 valence electrons. The molecule has 0 spiro atoms. The second kappa shape index (κ2) is 6.63. The quantitative estimate of drug-likeness (QED) is 0.843. The summed E-state index contributed by atoms with van der Waals surface area (Å²) >= 11 is 3.36. The van der Waals surface area contributed by atoms with E-state index in [1.807, 2.05) is 18.2 Å². The van der Waals surface area contributed by atoms with Gasteiger partial charge in [-0.3, -0.25) is 4.79 Å². The van der Waals surface area contributed by atoms with Crippen molar-refractivity contribution in [3.8, 4) is 11.5 Å². The van der Waals surface area contributed by atoms with Gasteiger partial charge in [0.05, 0.1) is 14.2 Å². The SMILES string of the molecule is COc1ccc(N(C)C(=O)c2ccc(Br)cc2)cc1OC. The van der Waals surface area contributed by atoms with Gasteiger partial charge in [0.25, 0.3) is 5.91 Å². The fraction of sp³-hybridized carbons (Fsp3) is 0.188. The molecule has 0 saturated carbocycles. The molecule has 2 rings (SSSR count). The summed E-state index contributed by atoms with van der Waals surface area (Å²) in [6.45, 7) is 0. The molecule has 0 N–H and O–H groups in total. The standard InChI is InChI=1S/C16H16BrNO3/c1-18(16(19)11-4-6-12(17)7-5-11)13-8-9-14(20-2)15(10-13)21-3/h4-10H,1-3H3. The number of anilines is 1. The second-order valence-electron chi connectivity index (χ2n) is 4.41. The number of nitrogens with zero attached hydrogens (tertiary/aromatic N) is 1. The van der Waals surface area contributed by atoms with Crippen molar-refractivity contribution in [3.63, 3.8) is 0 Å². The molecule has 0 aromatic heterocycles. The maximum Gasteiger partial charge on any atom is 0.258 e. The maximum absolute atomic E-state index is 12.4. The number of methoxy groups -OCH3 is 2. The molecule has 0 fully saturated rings. The molecule has 2 aromatic carbocycles. The van der Waals surface area contributed by atoms with Gasteiger partial charge in [0.2, 0.25) is 0 Å². The summed E-state index contributed by atoms with van der Waals surface area (Å²) in [4.78, 5) is 14.0. The van der Waals surface area contributed by atoms with Crippen molar-refractivity contribution in [1.82, 2.24) is 0 Å². The lowest BCUT2D eigenvalue weighted by Crippen LogP contribution is -2.26. The van der Waals surface area contributed by atoms with Gasteiger partial charge in [-0.25, -0.2) is 0 Å². The largest absolute Gasteiger partial charge is 0.493 e. The third-order valence-electron chi connectivity index (χ3n) is 3.15. The Morgan fingerprint density at radius 3 is 2.19 bits per heavy atom. The van der Waals surface area contributed by atoms with E-state index in [2.05, 4.69) is 15.9 Å². The molecule has 0 bridgehead atoms. The van der Waals surface area contributed by atoms with Gasteiger partial charge in [-0.15, -0.1) is 0 Å². The van der Waals surface area contributed by atoms with E-state index in [0.29, 0.717) is 17.1 Å². The van der Waals surface area contributed by atoms with Crippen LogP contribution >= 0.6 is 15.9 Å². The number of amides is 1. The third kappa shape index (κ3) is 3.36. The van der Waals surface area contributed by atoms with E-state index in [1.54, 1.807) is 50.4 Å². The van der Waals surface area contributed by atoms with Crippen LogP contribution in [0.5, 0.6) is 11.5 Å². The van der Waals surface area contributed by atoms with Crippen LogP contribution in [0.1, 0.15) is 10.4 Å². The molecular formula is C16H16BrNO3.